The topological polar surface area (TPSA) is 77.2 Å². The van der Waals surface area contributed by atoms with E-state index in [0.717, 1.165) is 0 Å². The second-order valence-corrected chi connectivity index (χ2v) is 3.70. The summed E-state index contributed by atoms with van der Waals surface area (Å²) in [5, 5.41) is 6.15. The first-order valence-corrected chi connectivity index (χ1v) is 5.51. The highest BCUT2D eigenvalue weighted by Gasteiger charge is 2.11. The zero-order chi connectivity index (χ0) is 12.8. The molecule has 0 spiro atoms. The molecule has 2 aromatic rings. The zero-order valence-corrected chi connectivity index (χ0v) is 9.87. The van der Waals surface area contributed by atoms with Crippen LogP contribution in [0.2, 0.25) is 0 Å². The highest BCUT2D eigenvalue weighted by atomic mass is 16.5. The molecule has 0 saturated heterocycles. The molecule has 6 nitrogen and oxygen atoms in total. The van der Waals surface area contributed by atoms with Crippen LogP contribution in [0.3, 0.4) is 0 Å². The van der Waals surface area contributed by atoms with Crippen LogP contribution in [0.4, 0.5) is 0 Å². The first-order valence-electron chi connectivity index (χ1n) is 5.51. The molecule has 0 saturated carbocycles. The van der Waals surface area contributed by atoms with E-state index in [1.165, 1.54) is 12.3 Å². The van der Waals surface area contributed by atoms with Gasteiger partial charge in [-0.2, -0.15) is 0 Å². The number of hydrogen-bond acceptors (Lipinski definition) is 5. The lowest BCUT2D eigenvalue weighted by Gasteiger charge is -2.14. The summed E-state index contributed by atoms with van der Waals surface area (Å²) in [6.07, 6.45) is 4.55. The Hall–Kier alpha value is -2.37. The predicted octanol–water partition coefficient (Wildman–Crippen LogP) is 1.27. The van der Waals surface area contributed by atoms with E-state index in [0.29, 0.717) is 12.3 Å². The van der Waals surface area contributed by atoms with Gasteiger partial charge in [-0.15, -0.1) is 0 Å². The number of nitrogens with one attached hydrogen (secondary N) is 1. The molecule has 18 heavy (non-hydrogen) atoms. The average molecular weight is 247 g/mol. The lowest BCUT2D eigenvalue weighted by atomic mass is 10.3. The van der Waals surface area contributed by atoms with Crippen molar-refractivity contribution in [3.63, 3.8) is 0 Å². The van der Waals surface area contributed by atoms with Gasteiger partial charge in [-0.1, -0.05) is 5.16 Å². The van der Waals surface area contributed by atoms with Crippen LogP contribution in [0, 0.1) is 0 Å². The van der Waals surface area contributed by atoms with Gasteiger partial charge in [0.25, 0.3) is 5.91 Å². The van der Waals surface area contributed by atoms with E-state index in [2.05, 4.69) is 15.5 Å². The molecule has 0 aromatic carbocycles. The molecule has 1 N–H and O–H groups in total. The number of carbonyl (C=O) groups excluding carboxylic acids is 1. The van der Waals surface area contributed by atoms with Crippen LogP contribution in [0.1, 0.15) is 17.5 Å². The molecule has 2 rings (SSSR count). The maximum Gasteiger partial charge on any atom is 0.290 e. The molecular formula is C12H13N3O3. The van der Waals surface area contributed by atoms with Crippen molar-refractivity contribution < 1.29 is 14.1 Å². The third-order valence-electron chi connectivity index (χ3n) is 2.18. The smallest absolute Gasteiger partial charge is 0.290 e. The largest absolute Gasteiger partial charge is 0.487 e. The number of pyridine rings is 1. The minimum atomic E-state index is -0.311. The van der Waals surface area contributed by atoms with Crippen LogP contribution in [0.15, 0.2) is 41.3 Å². The van der Waals surface area contributed by atoms with Crippen molar-refractivity contribution in [3.05, 3.63) is 42.5 Å². The standard InChI is InChI=1S/C12H13N3O3/c1-9(17-10-3-2-5-13-8-10)7-14-12(16)11-4-6-15-18-11/h2-6,8-9H,7H2,1H3,(H,14,16). The van der Waals surface area contributed by atoms with Gasteiger partial charge in [-0.3, -0.25) is 9.78 Å². The number of aromatic nitrogens is 2. The highest BCUT2D eigenvalue weighted by Crippen LogP contribution is 2.08. The number of rotatable bonds is 5. The first-order chi connectivity index (χ1) is 8.75. The molecule has 2 aromatic heterocycles. The van der Waals surface area contributed by atoms with Crippen molar-refractivity contribution in [2.24, 2.45) is 0 Å². The molecule has 0 fully saturated rings. The van der Waals surface area contributed by atoms with E-state index in [9.17, 15) is 4.79 Å². The number of nitrogens with zero attached hydrogens (tertiary/aromatic N) is 2. The summed E-state index contributed by atoms with van der Waals surface area (Å²) in [5.74, 6) is 0.539. The van der Waals surface area contributed by atoms with Crippen molar-refractivity contribution in [1.29, 1.82) is 0 Å². The SMILES string of the molecule is CC(CNC(=O)c1ccno1)Oc1cccnc1. The number of carbonyl (C=O) groups is 1. The second-order valence-electron chi connectivity index (χ2n) is 3.70. The Balaban J connectivity index is 1.78. The molecule has 94 valence electrons. The molecule has 0 radical (unpaired) electrons. The van der Waals surface area contributed by atoms with E-state index in [4.69, 9.17) is 9.26 Å². The summed E-state index contributed by atoms with van der Waals surface area (Å²) in [5.41, 5.74) is 0. The number of amides is 1. The van der Waals surface area contributed by atoms with Gasteiger partial charge in [0.05, 0.1) is 18.9 Å². The van der Waals surface area contributed by atoms with E-state index in [1.54, 1.807) is 18.5 Å². The Morgan fingerprint density at radius 1 is 1.50 bits per heavy atom. The van der Waals surface area contributed by atoms with Gasteiger partial charge in [-0.05, 0) is 19.1 Å². The van der Waals surface area contributed by atoms with Crippen molar-refractivity contribution in [2.45, 2.75) is 13.0 Å². The number of ether oxygens (including phenoxy) is 1. The molecule has 2 heterocycles. The lowest BCUT2D eigenvalue weighted by Crippen LogP contribution is -2.33. The van der Waals surface area contributed by atoms with Crippen LogP contribution in [-0.2, 0) is 0 Å². The van der Waals surface area contributed by atoms with Crippen molar-refractivity contribution >= 4 is 5.91 Å². The van der Waals surface area contributed by atoms with E-state index < -0.39 is 0 Å². The monoisotopic (exact) mass is 247 g/mol. The van der Waals surface area contributed by atoms with E-state index in [-0.39, 0.29) is 17.8 Å². The number of hydrogen-bond donors (Lipinski definition) is 1. The zero-order valence-electron chi connectivity index (χ0n) is 9.87. The van der Waals surface area contributed by atoms with Gasteiger partial charge in [-0.25, -0.2) is 0 Å². The maximum absolute atomic E-state index is 11.5. The second kappa shape index (κ2) is 5.81. The van der Waals surface area contributed by atoms with E-state index >= 15 is 0 Å². The summed E-state index contributed by atoms with van der Waals surface area (Å²) >= 11 is 0. The van der Waals surface area contributed by atoms with Crippen molar-refractivity contribution in [1.82, 2.24) is 15.5 Å². The third-order valence-corrected chi connectivity index (χ3v) is 2.18. The van der Waals surface area contributed by atoms with Crippen LogP contribution in [-0.4, -0.2) is 28.7 Å². The van der Waals surface area contributed by atoms with Gasteiger partial charge >= 0.3 is 0 Å². The fourth-order valence-electron chi connectivity index (χ4n) is 1.35. The minimum Gasteiger partial charge on any atom is -0.487 e. The summed E-state index contributed by atoms with van der Waals surface area (Å²) in [7, 11) is 0. The van der Waals surface area contributed by atoms with Gasteiger partial charge in [0.2, 0.25) is 5.76 Å². The fourth-order valence-corrected chi connectivity index (χ4v) is 1.35. The molecule has 1 atom stereocenters. The normalized spacial score (nSPS) is 11.8. The predicted molar refractivity (Wildman–Crippen MR) is 63.2 cm³/mol. The fraction of sp³-hybridized carbons (Fsp3) is 0.250. The van der Waals surface area contributed by atoms with Crippen LogP contribution >= 0.6 is 0 Å². The molecule has 6 heteroatoms. The Morgan fingerprint density at radius 2 is 2.39 bits per heavy atom. The molecule has 1 amide bonds. The summed E-state index contributed by atoms with van der Waals surface area (Å²) in [4.78, 5) is 15.5. The first kappa shape index (κ1) is 12.1. The summed E-state index contributed by atoms with van der Waals surface area (Å²) in [6, 6.07) is 5.10. The van der Waals surface area contributed by atoms with Crippen LogP contribution in [0.5, 0.6) is 5.75 Å². The Bertz CT molecular complexity index is 485. The van der Waals surface area contributed by atoms with Crippen molar-refractivity contribution in [3.8, 4) is 5.75 Å². The maximum atomic E-state index is 11.5. The average Bonchev–Trinajstić information content (AvgIpc) is 2.91. The molecule has 1 unspecified atom stereocenters. The molecular weight excluding hydrogens is 234 g/mol. The van der Waals surface area contributed by atoms with Gasteiger partial charge in [0, 0.05) is 12.3 Å². The molecule has 0 aliphatic heterocycles. The highest BCUT2D eigenvalue weighted by molar-refractivity contribution is 5.91. The Kier molecular flexibility index (Phi) is 3.90. The molecule has 0 bridgehead atoms. The van der Waals surface area contributed by atoms with Crippen LogP contribution < -0.4 is 10.1 Å². The Labute approximate surface area is 104 Å². The van der Waals surface area contributed by atoms with Gasteiger partial charge in [0.1, 0.15) is 11.9 Å². The van der Waals surface area contributed by atoms with E-state index in [1.807, 2.05) is 13.0 Å². The lowest BCUT2D eigenvalue weighted by molar-refractivity contribution is 0.0895. The summed E-state index contributed by atoms with van der Waals surface area (Å²) in [6.45, 7) is 2.22. The minimum absolute atomic E-state index is 0.166. The summed E-state index contributed by atoms with van der Waals surface area (Å²) < 4.78 is 10.3. The van der Waals surface area contributed by atoms with Crippen molar-refractivity contribution in [2.75, 3.05) is 6.54 Å². The van der Waals surface area contributed by atoms with Gasteiger partial charge in [0.15, 0.2) is 0 Å². The van der Waals surface area contributed by atoms with Gasteiger partial charge < -0.3 is 14.6 Å². The van der Waals surface area contributed by atoms with Crippen LogP contribution in [0.25, 0.3) is 0 Å². The molecule has 0 aliphatic rings. The quantitative estimate of drug-likeness (QED) is 0.860. The Morgan fingerprint density at radius 3 is 3.06 bits per heavy atom. The third kappa shape index (κ3) is 3.31. The molecule has 0 aliphatic carbocycles.